The van der Waals surface area contributed by atoms with E-state index in [0.717, 1.165) is 19.7 Å². The van der Waals surface area contributed by atoms with E-state index in [9.17, 15) is 0 Å². The molecule has 0 radical (unpaired) electrons. The highest BCUT2D eigenvalue weighted by atomic mass is 16.5. The summed E-state index contributed by atoms with van der Waals surface area (Å²) in [4.78, 5) is 2.39. The van der Waals surface area contributed by atoms with Crippen molar-refractivity contribution in [1.29, 1.82) is 0 Å². The normalized spacial score (nSPS) is 27.4. The van der Waals surface area contributed by atoms with Crippen molar-refractivity contribution in [3.8, 4) is 0 Å². The van der Waals surface area contributed by atoms with E-state index in [1.807, 2.05) is 0 Å². The maximum absolute atomic E-state index is 5.39. The third kappa shape index (κ3) is 4.93. The third-order valence-electron chi connectivity index (χ3n) is 3.00. The maximum Gasteiger partial charge on any atom is 0.0700 e. The van der Waals surface area contributed by atoms with Gasteiger partial charge in [-0.3, -0.25) is 0 Å². The van der Waals surface area contributed by atoms with Crippen LogP contribution in [0, 0.1) is 0 Å². The molecule has 1 rings (SSSR count). The molecule has 0 aromatic heterocycles. The number of likely N-dealkylation sites (tertiary alicyclic amines) is 1. The fraction of sp³-hybridized carbons (Fsp3) is 1.00. The third-order valence-corrected chi connectivity index (χ3v) is 3.00. The lowest BCUT2D eigenvalue weighted by Crippen LogP contribution is -2.34. The monoisotopic (exact) mass is 216 g/mol. The summed E-state index contributed by atoms with van der Waals surface area (Å²) in [6.07, 6.45) is 1.24. The van der Waals surface area contributed by atoms with Gasteiger partial charge in [0.15, 0.2) is 0 Å². The molecule has 1 heterocycles. The van der Waals surface area contributed by atoms with Crippen molar-refractivity contribution in [2.75, 3.05) is 47.1 Å². The summed E-state index contributed by atoms with van der Waals surface area (Å²) < 4.78 is 10.3. The van der Waals surface area contributed by atoms with Gasteiger partial charge in [-0.2, -0.15) is 0 Å². The van der Waals surface area contributed by atoms with Crippen LogP contribution in [0.4, 0.5) is 0 Å². The van der Waals surface area contributed by atoms with Gasteiger partial charge in [-0.15, -0.1) is 0 Å². The van der Waals surface area contributed by atoms with Crippen molar-refractivity contribution in [3.63, 3.8) is 0 Å². The lowest BCUT2D eigenvalue weighted by Gasteiger charge is -2.13. The first-order chi connectivity index (χ1) is 7.24. The summed E-state index contributed by atoms with van der Waals surface area (Å²) in [6, 6.07) is 1.34. The molecule has 15 heavy (non-hydrogen) atoms. The molecule has 2 atom stereocenters. The fourth-order valence-corrected chi connectivity index (χ4v) is 1.92. The lowest BCUT2D eigenvalue weighted by molar-refractivity contribution is 0.0711. The van der Waals surface area contributed by atoms with E-state index in [1.54, 1.807) is 7.11 Å². The molecule has 1 aliphatic rings. The van der Waals surface area contributed by atoms with E-state index in [4.69, 9.17) is 9.47 Å². The van der Waals surface area contributed by atoms with E-state index in [2.05, 4.69) is 24.2 Å². The fourth-order valence-electron chi connectivity index (χ4n) is 1.92. The molecule has 4 nitrogen and oxygen atoms in total. The van der Waals surface area contributed by atoms with E-state index < -0.39 is 0 Å². The zero-order valence-corrected chi connectivity index (χ0v) is 10.2. The van der Waals surface area contributed by atoms with Crippen LogP contribution in [0.15, 0.2) is 0 Å². The van der Waals surface area contributed by atoms with Crippen molar-refractivity contribution in [2.24, 2.45) is 0 Å². The molecular formula is C11H24N2O2. The summed E-state index contributed by atoms with van der Waals surface area (Å²) in [5.74, 6) is 0. The molecule has 0 aliphatic carbocycles. The average Bonchev–Trinajstić information content (AvgIpc) is 2.52. The average molecular weight is 216 g/mol. The number of ether oxygens (including phenoxy) is 2. The lowest BCUT2D eigenvalue weighted by atomic mass is 10.2. The van der Waals surface area contributed by atoms with Gasteiger partial charge in [0.25, 0.3) is 0 Å². The summed E-state index contributed by atoms with van der Waals surface area (Å²) in [7, 11) is 3.87. The van der Waals surface area contributed by atoms with Crippen molar-refractivity contribution < 1.29 is 9.47 Å². The molecule has 90 valence electrons. The minimum absolute atomic E-state index is 0.635. The van der Waals surface area contributed by atoms with Crippen LogP contribution in [-0.2, 0) is 9.47 Å². The number of likely N-dealkylation sites (N-methyl/N-ethyl adjacent to an activating group) is 1. The van der Waals surface area contributed by atoms with Crippen molar-refractivity contribution in [1.82, 2.24) is 10.2 Å². The van der Waals surface area contributed by atoms with Crippen LogP contribution < -0.4 is 5.32 Å². The second-order valence-corrected chi connectivity index (χ2v) is 4.28. The second-order valence-electron chi connectivity index (χ2n) is 4.28. The van der Waals surface area contributed by atoms with E-state index >= 15 is 0 Å². The quantitative estimate of drug-likeness (QED) is 0.622. The molecule has 1 saturated heterocycles. The molecule has 0 bridgehead atoms. The van der Waals surface area contributed by atoms with Gasteiger partial charge in [0.05, 0.1) is 19.8 Å². The van der Waals surface area contributed by atoms with Gasteiger partial charge in [-0.05, 0) is 20.4 Å². The highest BCUT2D eigenvalue weighted by Crippen LogP contribution is 2.14. The Morgan fingerprint density at radius 2 is 2.13 bits per heavy atom. The minimum Gasteiger partial charge on any atom is -0.382 e. The van der Waals surface area contributed by atoms with Gasteiger partial charge in [0, 0.05) is 32.3 Å². The van der Waals surface area contributed by atoms with Gasteiger partial charge in [0.1, 0.15) is 0 Å². The summed E-state index contributed by atoms with van der Waals surface area (Å²) in [5, 5.41) is 3.51. The van der Waals surface area contributed by atoms with Crippen LogP contribution in [0.2, 0.25) is 0 Å². The first-order valence-electron chi connectivity index (χ1n) is 5.74. The Hall–Kier alpha value is -0.160. The Labute approximate surface area is 92.9 Å². The molecule has 0 amide bonds. The molecule has 0 saturated carbocycles. The predicted octanol–water partition coefficient (Wildman–Crippen LogP) is 0.332. The molecule has 0 aromatic rings. The van der Waals surface area contributed by atoms with Crippen molar-refractivity contribution >= 4 is 0 Å². The second kappa shape index (κ2) is 7.17. The Kier molecular flexibility index (Phi) is 6.17. The summed E-state index contributed by atoms with van der Waals surface area (Å²) in [6.45, 7) is 6.52. The van der Waals surface area contributed by atoms with E-state index in [0.29, 0.717) is 25.3 Å². The number of rotatable bonds is 7. The summed E-state index contributed by atoms with van der Waals surface area (Å²) >= 11 is 0. The molecule has 0 spiro atoms. The first-order valence-corrected chi connectivity index (χ1v) is 5.74. The van der Waals surface area contributed by atoms with Crippen LogP contribution in [0.3, 0.4) is 0 Å². The standard InChI is InChI=1S/C11H24N2O2/c1-10-8-11(9-13(10)2)12-4-5-15-7-6-14-3/h10-12H,4-9H2,1-3H3. The van der Waals surface area contributed by atoms with Gasteiger partial charge < -0.3 is 19.7 Å². The van der Waals surface area contributed by atoms with Crippen LogP contribution in [-0.4, -0.2) is 64.1 Å². The first kappa shape index (κ1) is 12.9. The SMILES string of the molecule is COCCOCCNC1CC(C)N(C)C1. The Morgan fingerprint density at radius 1 is 1.33 bits per heavy atom. The molecule has 0 aromatic carbocycles. The molecular weight excluding hydrogens is 192 g/mol. The van der Waals surface area contributed by atoms with Gasteiger partial charge in [0.2, 0.25) is 0 Å². The van der Waals surface area contributed by atoms with Crippen molar-refractivity contribution in [3.05, 3.63) is 0 Å². The van der Waals surface area contributed by atoms with Gasteiger partial charge in [-0.1, -0.05) is 0 Å². The zero-order valence-electron chi connectivity index (χ0n) is 10.2. The molecule has 1 fully saturated rings. The van der Waals surface area contributed by atoms with Gasteiger partial charge in [-0.25, -0.2) is 0 Å². The number of nitrogens with one attached hydrogen (secondary N) is 1. The van der Waals surface area contributed by atoms with Gasteiger partial charge >= 0.3 is 0 Å². The number of hydrogen-bond donors (Lipinski definition) is 1. The molecule has 2 unspecified atom stereocenters. The maximum atomic E-state index is 5.39. The van der Waals surface area contributed by atoms with Crippen LogP contribution in [0.5, 0.6) is 0 Å². The molecule has 4 heteroatoms. The van der Waals surface area contributed by atoms with Crippen molar-refractivity contribution in [2.45, 2.75) is 25.4 Å². The highest BCUT2D eigenvalue weighted by Gasteiger charge is 2.24. The molecule has 1 N–H and O–H groups in total. The largest absolute Gasteiger partial charge is 0.382 e. The topological polar surface area (TPSA) is 33.7 Å². The van der Waals surface area contributed by atoms with E-state index in [1.165, 1.54) is 6.42 Å². The van der Waals surface area contributed by atoms with Crippen LogP contribution >= 0.6 is 0 Å². The summed E-state index contributed by atoms with van der Waals surface area (Å²) in [5.41, 5.74) is 0. The number of nitrogens with zero attached hydrogens (tertiary/aromatic N) is 1. The number of methoxy groups -OCH3 is 1. The minimum atomic E-state index is 0.635. The highest BCUT2D eigenvalue weighted by molar-refractivity contribution is 4.84. The Morgan fingerprint density at radius 3 is 2.73 bits per heavy atom. The zero-order chi connectivity index (χ0) is 11.1. The van der Waals surface area contributed by atoms with E-state index in [-0.39, 0.29) is 0 Å². The van der Waals surface area contributed by atoms with Crippen LogP contribution in [0.25, 0.3) is 0 Å². The Bertz CT molecular complexity index is 157. The number of hydrogen-bond acceptors (Lipinski definition) is 4. The van der Waals surface area contributed by atoms with Crippen LogP contribution in [0.1, 0.15) is 13.3 Å². The Balaban J connectivity index is 1.92. The predicted molar refractivity (Wildman–Crippen MR) is 61.2 cm³/mol. The molecule has 1 aliphatic heterocycles. The smallest absolute Gasteiger partial charge is 0.0700 e.